The van der Waals surface area contributed by atoms with Gasteiger partial charge in [0.1, 0.15) is 0 Å². The molecule has 1 saturated carbocycles. The molecule has 0 aliphatic heterocycles. The molecule has 0 spiro atoms. The highest BCUT2D eigenvalue weighted by molar-refractivity contribution is 6.40. The van der Waals surface area contributed by atoms with E-state index in [4.69, 9.17) is 44.3 Å². The zero-order valence-corrected chi connectivity index (χ0v) is 16.3. The summed E-state index contributed by atoms with van der Waals surface area (Å²) >= 11 is 18.0. The van der Waals surface area contributed by atoms with Crippen molar-refractivity contribution >= 4 is 46.7 Å². The Labute approximate surface area is 162 Å². The van der Waals surface area contributed by atoms with E-state index in [9.17, 15) is 9.59 Å². The summed E-state index contributed by atoms with van der Waals surface area (Å²) in [6.07, 6.45) is 4.70. The average Bonchev–Trinajstić information content (AvgIpc) is 2.58. The fraction of sp³-hybridized carbons (Fsp3) is 0.556. The first kappa shape index (κ1) is 20.3. The van der Waals surface area contributed by atoms with Crippen molar-refractivity contribution in [1.82, 2.24) is 0 Å². The van der Waals surface area contributed by atoms with Crippen LogP contribution in [0.4, 0.5) is 0 Å². The average molecular weight is 408 g/mol. The second kappa shape index (κ2) is 9.65. The molecule has 0 saturated heterocycles. The van der Waals surface area contributed by atoms with Crippen molar-refractivity contribution in [1.29, 1.82) is 0 Å². The minimum atomic E-state index is -0.550. The Hall–Kier alpha value is -0.970. The minimum Gasteiger partial charge on any atom is -0.465 e. The first-order valence-electron chi connectivity index (χ1n) is 8.47. The maximum atomic E-state index is 12.6. The van der Waals surface area contributed by atoms with Gasteiger partial charge in [0.25, 0.3) is 0 Å². The van der Waals surface area contributed by atoms with Crippen LogP contribution in [0.2, 0.25) is 15.1 Å². The summed E-state index contributed by atoms with van der Waals surface area (Å²) < 4.78 is 10.7. The van der Waals surface area contributed by atoms with E-state index in [1.165, 1.54) is 12.1 Å². The molecule has 1 aromatic carbocycles. The Kier molecular flexibility index (Phi) is 7.85. The normalized spacial score (nSPS) is 20.2. The van der Waals surface area contributed by atoms with Crippen molar-refractivity contribution in [2.45, 2.75) is 45.4 Å². The molecule has 1 fully saturated rings. The third-order valence-electron chi connectivity index (χ3n) is 4.28. The number of carbonyl (C=O) groups excluding carboxylic acids is 2. The number of hydrogen-bond acceptors (Lipinski definition) is 4. The van der Waals surface area contributed by atoms with E-state index >= 15 is 0 Å². The minimum absolute atomic E-state index is 0.0707. The molecule has 2 atom stereocenters. The van der Waals surface area contributed by atoms with Crippen LogP contribution in [0.1, 0.15) is 45.4 Å². The molecule has 2 rings (SSSR count). The molecule has 7 heteroatoms. The highest BCUT2D eigenvalue weighted by atomic mass is 35.5. The predicted molar refractivity (Wildman–Crippen MR) is 98.4 cm³/mol. The summed E-state index contributed by atoms with van der Waals surface area (Å²) in [4.78, 5) is 24.9. The van der Waals surface area contributed by atoms with Gasteiger partial charge in [-0.25, -0.2) is 0 Å². The van der Waals surface area contributed by atoms with Gasteiger partial charge in [0, 0.05) is 5.02 Å². The van der Waals surface area contributed by atoms with Gasteiger partial charge >= 0.3 is 11.9 Å². The second-order valence-corrected chi connectivity index (χ2v) is 7.39. The van der Waals surface area contributed by atoms with E-state index in [-0.39, 0.29) is 21.8 Å². The Morgan fingerprint density at radius 3 is 2.16 bits per heavy atom. The molecule has 25 heavy (non-hydrogen) atoms. The van der Waals surface area contributed by atoms with Crippen LogP contribution in [-0.4, -0.2) is 18.5 Å². The fourth-order valence-corrected chi connectivity index (χ4v) is 3.82. The topological polar surface area (TPSA) is 52.6 Å². The highest BCUT2D eigenvalue weighted by Crippen LogP contribution is 2.38. The van der Waals surface area contributed by atoms with E-state index in [1.807, 2.05) is 6.92 Å². The number of rotatable bonds is 6. The number of benzene rings is 1. The van der Waals surface area contributed by atoms with Crippen LogP contribution in [0, 0.1) is 11.8 Å². The lowest BCUT2D eigenvalue weighted by Crippen LogP contribution is -2.36. The van der Waals surface area contributed by atoms with Gasteiger partial charge in [0.05, 0.1) is 28.5 Å². The fourth-order valence-electron chi connectivity index (χ4n) is 2.92. The highest BCUT2D eigenvalue weighted by Gasteiger charge is 2.38. The zero-order valence-electron chi connectivity index (χ0n) is 14.0. The van der Waals surface area contributed by atoms with E-state index in [0.29, 0.717) is 24.5 Å². The van der Waals surface area contributed by atoms with Gasteiger partial charge in [-0.3, -0.25) is 9.59 Å². The van der Waals surface area contributed by atoms with Gasteiger partial charge in [-0.15, -0.1) is 0 Å². The molecular formula is C18H21Cl3O4. The number of carbonyl (C=O) groups is 2. The number of ether oxygens (including phenoxy) is 2. The molecule has 1 aromatic rings. The van der Waals surface area contributed by atoms with Crippen LogP contribution in [0.15, 0.2) is 12.1 Å². The van der Waals surface area contributed by atoms with Crippen LogP contribution >= 0.6 is 34.8 Å². The molecular weight excluding hydrogens is 387 g/mol. The van der Waals surface area contributed by atoms with Crippen molar-refractivity contribution in [3.63, 3.8) is 0 Å². The SMILES string of the molecule is CCCCOC(=O)C1CCCCC1C(=O)Oc1c(Cl)cc(Cl)cc1Cl. The molecule has 0 N–H and O–H groups in total. The second-order valence-electron chi connectivity index (χ2n) is 6.14. The van der Waals surface area contributed by atoms with Crippen LogP contribution < -0.4 is 4.74 Å². The van der Waals surface area contributed by atoms with Crippen LogP contribution in [0.5, 0.6) is 5.75 Å². The zero-order chi connectivity index (χ0) is 18.4. The maximum Gasteiger partial charge on any atom is 0.315 e. The maximum absolute atomic E-state index is 12.6. The van der Waals surface area contributed by atoms with Crippen LogP contribution in [-0.2, 0) is 14.3 Å². The van der Waals surface area contributed by atoms with E-state index in [1.54, 1.807) is 0 Å². The lowest BCUT2D eigenvalue weighted by atomic mass is 9.79. The summed E-state index contributed by atoms with van der Waals surface area (Å²) in [5.41, 5.74) is 0. The van der Waals surface area contributed by atoms with Gasteiger partial charge in [0.2, 0.25) is 0 Å². The summed E-state index contributed by atoms with van der Waals surface area (Å²) in [6, 6.07) is 2.91. The lowest BCUT2D eigenvalue weighted by molar-refractivity contribution is -0.158. The molecule has 138 valence electrons. The molecule has 0 heterocycles. The Morgan fingerprint density at radius 2 is 1.60 bits per heavy atom. The first-order chi connectivity index (χ1) is 11.9. The summed E-state index contributed by atoms with van der Waals surface area (Å²) in [5.74, 6) is -1.80. The number of unbranched alkanes of at least 4 members (excludes halogenated alkanes) is 1. The number of hydrogen-bond donors (Lipinski definition) is 0. The van der Waals surface area contributed by atoms with E-state index < -0.39 is 17.8 Å². The molecule has 2 unspecified atom stereocenters. The quantitative estimate of drug-likeness (QED) is 0.345. The third-order valence-corrected chi connectivity index (χ3v) is 5.06. The van der Waals surface area contributed by atoms with Gasteiger partial charge in [0.15, 0.2) is 5.75 Å². The molecule has 1 aliphatic rings. The van der Waals surface area contributed by atoms with Crippen molar-refractivity contribution in [3.8, 4) is 5.75 Å². The largest absolute Gasteiger partial charge is 0.465 e. The Morgan fingerprint density at radius 1 is 1.04 bits per heavy atom. The summed E-state index contributed by atoms with van der Waals surface area (Å²) in [7, 11) is 0. The van der Waals surface area contributed by atoms with Gasteiger partial charge in [-0.05, 0) is 31.4 Å². The van der Waals surface area contributed by atoms with E-state index in [2.05, 4.69) is 0 Å². The molecule has 4 nitrogen and oxygen atoms in total. The number of esters is 2. The summed E-state index contributed by atoms with van der Waals surface area (Å²) in [5, 5.41) is 0.664. The Balaban J connectivity index is 2.09. The summed E-state index contributed by atoms with van der Waals surface area (Å²) in [6.45, 7) is 2.40. The lowest BCUT2D eigenvalue weighted by Gasteiger charge is -2.28. The Bertz CT molecular complexity index is 610. The van der Waals surface area contributed by atoms with Crippen molar-refractivity contribution in [2.75, 3.05) is 6.61 Å². The molecule has 0 amide bonds. The van der Waals surface area contributed by atoms with Gasteiger partial charge < -0.3 is 9.47 Å². The molecule has 0 bridgehead atoms. The molecule has 0 aromatic heterocycles. The number of halogens is 3. The van der Waals surface area contributed by atoms with Crippen LogP contribution in [0.25, 0.3) is 0 Å². The third kappa shape index (κ3) is 5.50. The predicted octanol–water partition coefficient (Wildman–Crippen LogP) is 5.70. The smallest absolute Gasteiger partial charge is 0.315 e. The van der Waals surface area contributed by atoms with Gasteiger partial charge in [-0.2, -0.15) is 0 Å². The molecule has 1 aliphatic carbocycles. The van der Waals surface area contributed by atoms with Gasteiger partial charge in [-0.1, -0.05) is 61.0 Å². The standard InChI is InChI=1S/C18H21Cl3O4/c1-2-3-8-24-17(22)12-6-4-5-7-13(12)18(23)25-16-14(20)9-11(19)10-15(16)21/h9-10,12-13H,2-8H2,1H3. The molecule has 0 radical (unpaired) electrons. The monoisotopic (exact) mass is 406 g/mol. The van der Waals surface area contributed by atoms with Crippen molar-refractivity contribution < 1.29 is 19.1 Å². The van der Waals surface area contributed by atoms with Crippen LogP contribution in [0.3, 0.4) is 0 Å². The van der Waals surface area contributed by atoms with Crippen molar-refractivity contribution in [2.24, 2.45) is 11.8 Å². The first-order valence-corrected chi connectivity index (χ1v) is 9.60. The van der Waals surface area contributed by atoms with E-state index in [0.717, 1.165) is 25.7 Å². The van der Waals surface area contributed by atoms with Crippen molar-refractivity contribution in [3.05, 3.63) is 27.2 Å².